The molecule has 30 nitrogen and oxygen atoms in total. The third-order valence-corrected chi connectivity index (χ3v) is 19.6. The minimum absolute atomic E-state index is 0.0306. The number of amides is 1. The van der Waals surface area contributed by atoms with Gasteiger partial charge in [0.15, 0.2) is 24.8 Å². The second-order valence-electron chi connectivity index (χ2n) is 28.4. The minimum atomic E-state index is -3.10. The van der Waals surface area contributed by atoms with Gasteiger partial charge in [-0.15, -0.1) is 0 Å². The first-order valence-corrected chi connectivity index (χ1v) is 38.4. The van der Waals surface area contributed by atoms with Crippen LogP contribution < -0.4 is 14.8 Å². The lowest BCUT2D eigenvalue weighted by atomic mass is 9.87. The van der Waals surface area contributed by atoms with Gasteiger partial charge in [-0.05, 0) is 57.6 Å². The van der Waals surface area contributed by atoms with Crippen LogP contribution in [0.3, 0.4) is 0 Å². The Morgan fingerprint density at radius 1 is 0.444 bits per heavy atom. The lowest BCUT2D eigenvalue weighted by Crippen LogP contribution is -2.72. The van der Waals surface area contributed by atoms with E-state index in [2.05, 4.69) is 5.32 Å². The molecule has 0 aliphatic carbocycles. The van der Waals surface area contributed by atoms with Gasteiger partial charge in [0.05, 0.1) is 86.1 Å². The van der Waals surface area contributed by atoms with Crippen molar-refractivity contribution < 1.29 is 139 Å². The van der Waals surface area contributed by atoms with E-state index in [0.29, 0.717) is 17.1 Å². The maximum atomic E-state index is 15.4. The van der Waals surface area contributed by atoms with Crippen molar-refractivity contribution in [3.8, 4) is 11.5 Å². The standard InChI is InChI=1S/C87H101NO29/c1-53(89)88-71-66(108-55(3)91)42-87(86(97)99-7,116-78(71)76(110-57(5)93)70(109-56(4)92)52-102-54(2)90)117-79-72(94)67(51-107-83-74(96)80(104-46-61-32-20-11-21-33-61)75(103-45-60-30-18-10-19-31-60)68(113-83)49-100-43-58-26-14-8-15-27-58)112-84(73(79)95)115-77-69(50-101-44-59-28-16-9-17-29-59)114-85(111-65-40-38-64(98-6)39-41-65)82(106-48-63-36-24-13-25-37-63)81(77)105-47-62-34-22-12-23-35-62/h8-41,66-85,94-96H,42-52H2,1-7H3,(H,88,89)/t66-,67+,68+,69+,70+,71+,72-,73+,74+,75-,76+,77+,78+,79-,80+,81-,82+,83+,84-,85+,87-/m0/s1. The van der Waals surface area contributed by atoms with Crippen LogP contribution in [0.15, 0.2) is 206 Å². The van der Waals surface area contributed by atoms with Crippen molar-refractivity contribution in [3.05, 3.63) is 240 Å². The molecule has 0 radical (unpaired) electrons. The first-order chi connectivity index (χ1) is 56.6. The molecule has 7 aromatic rings. The molecule has 21 atom stereocenters. The van der Waals surface area contributed by atoms with Crippen LogP contribution in [0.2, 0.25) is 0 Å². The van der Waals surface area contributed by atoms with Crippen LogP contribution in [0.1, 0.15) is 74.4 Å². The van der Waals surface area contributed by atoms with Crippen molar-refractivity contribution in [1.82, 2.24) is 5.32 Å². The number of nitrogens with one attached hydrogen (secondary N) is 1. The number of hydrogen-bond acceptors (Lipinski definition) is 29. The van der Waals surface area contributed by atoms with E-state index in [1.807, 2.05) is 182 Å². The second kappa shape index (κ2) is 43.7. The molecule has 0 spiro atoms. The first kappa shape index (κ1) is 88.1. The lowest BCUT2D eigenvalue weighted by Gasteiger charge is -2.52. The molecule has 0 unspecified atom stereocenters. The molecule has 4 aliphatic heterocycles. The maximum absolute atomic E-state index is 15.4. The van der Waals surface area contributed by atoms with Gasteiger partial charge in [-0.2, -0.15) is 0 Å². The summed E-state index contributed by atoms with van der Waals surface area (Å²) in [6.45, 7) is 3.03. The number of methoxy groups -OCH3 is 2. The predicted octanol–water partition coefficient (Wildman–Crippen LogP) is 7.41. The van der Waals surface area contributed by atoms with Crippen LogP contribution in [-0.2, 0) is 154 Å². The predicted molar refractivity (Wildman–Crippen MR) is 411 cm³/mol. The third-order valence-electron chi connectivity index (χ3n) is 19.6. The van der Waals surface area contributed by atoms with Crippen molar-refractivity contribution in [2.24, 2.45) is 0 Å². The number of ether oxygens (including phenoxy) is 20. The summed E-state index contributed by atoms with van der Waals surface area (Å²) in [5.74, 6) is -8.47. The van der Waals surface area contributed by atoms with Crippen LogP contribution in [0.25, 0.3) is 0 Å². The highest BCUT2D eigenvalue weighted by atomic mass is 16.8. The van der Waals surface area contributed by atoms with Crippen molar-refractivity contribution in [1.29, 1.82) is 0 Å². The van der Waals surface area contributed by atoms with Crippen LogP contribution in [-0.4, -0.2) is 220 Å². The summed E-state index contributed by atoms with van der Waals surface area (Å²) in [4.78, 5) is 81.3. The summed E-state index contributed by atoms with van der Waals surface area (Å²) in [6, 6.07) is 60.7. The Morgan fingerprint density at radius 3 is 1.36 bits per heavy atom. The van der Waals surface area contributed by atoms with Crippen molar-refractivity contribution in [2.45, 2.75) is 209 Å². The number of aliphatic hydroxyl groups excluding tert-OH is 3. The Balaban J connectivity index is 1.04. The Bertz CT molecular complexity index is 4200. The molecular formula is C87H101NO29. The average Bonchev–Trinajstić information content (AvgIpc) is 0.743. The highest BCUT2D eigenvalue weighted by Gasteiger charge is 2.63. The molecule has 30 heteroatoms. The van der Waals surface area contributed by atoms with Crippen molar-refractivity contribution in [3.63, 3.8) is 0 Å². The fourth-order valence-electron chi connectivity index (χ4n) is 14.2. The average molecular weight is 1620 g/mol. The summed E-state index contributed by atoms with van der Waals surface area (Å²) in [5, 5.41) is 42.4. The van der Waals surface area contributed by atoms with Gasteiger partial charge >= 0.3 is 29.8 Å². The summed E-state index contributed by atoms with van der Waals surface area (Å²) < 4.78 is 129. The fourth-order valence-corrected chi connectivity index (χ4v) is 14.2. The van der Waals surface area contributed by atoms with E-state index in [1.165, 1.54) is 7.11 Å². The second-order valence-corrected chi connectivity index (χ2v) is 28.4. The summed E-state index contributed by atoms with van der Waals surface area (Å²) in [5.41, 5.74) is 4.58. The number of esters is 5. The van der Waals surface area contributed by atoms with E-state index < -0.39 is 184 Å². The highest BCUT2D eigenvalue weighted by molar-refractivity contribution is 5.79. The summed E-state index contributed by atoms with van der Waals surface area (Å²) in [6.07, 6.45) is -33.0. The molecule has 11 rings (SSSR count). The van der Waals surface area contributed by atoms with Crippen LogP contribution >= 0.6 is 0 Å². The Morgan fingerprint density at radius 2 is 0.889 bits per heavy atom. The zero-order valence-electron chi connectivity index (χ0n) is 65.9. The molecule has 0 aromatic heterocycles. The van der Waals surface area contributed by atoms with Gasteiger partial charge in [-0.25, -0.2) is 4.79 Å². The molecule has 4 aliphatic rings. The fraction of sp³-hybridized carbons (Fsp3) is 0.448. The Labute approximate surface area is 677 Å². The summed E-state index contributed by atoms with van der Waals surface area (Å²) >= 11 is 0. The van der Waals surface area contributed by atoms with E-state index in [4.69, 9.17) is 94.7 Å². The molecule has 1 amide bonds. The van der Waals surface area contributed by atoms with Crippen molar-refractivity contribution >= 4 is 35.8 Å². The monoisotopic (exact) mass is 1620 g/mol. The van der Waals surface area contributed by atoms with E-state index in [9.17, 15) is 39.3 Å². The molecule has 628 valence electrons. The van der Waals surface area contributed by atoms with Gasteiger partial charge in [0.25, 0.3) is 5.79 Å². The largest absolute Gasteiger partial charge is 0.497 e. The van der Waals surface area contributed by atoms with Crippen molar-refractivity contribution in [2.75, 3.05) is 40.6 Å². The summed E-state index contributed by atoms with van der Waals surface area (Å²) in [7, 11) is 2.46. The van der Waals surface area contributed by atoms with Gasteiger partial charge in [-0.1, -0.05) is 182 Å². The van der Waals surface area contributed by atoms with E-state index >= 15 is 4.79 Å². The number of carbonyl (C=O) groups is 6. The molecule has 4 N–H and O–H groups in total. The Kier molecular flexibility index (Phi) is 32.9. The number of rotatable bonds is 39. The molecule has 7 aromatic carbocycles. The van der Waals surface area contributed by atoms with Gasteiger partial charge in [0, 0.05) is 34.6 Å². The molecule has 4 heterocycles. The number of hydrogen-bond donors (Lipinski definition) is 4. The van der Waals surface area contributed by atoms with Gasteiger partial charge in [-0.3, -0.25) is 24.0 Å². The van der Waals surface area contributed by atoms with E-state index in [1.54, 1.807) is 24.3 Å². The van der Waals surface area contributed by atoms with Gasteiger partial charge < -0.3 is 115 Å². The third kappa shape index (κ3) is 25.0. The number of carbonyl (C=O) groups excluding carboxylic acids is 6. The van der Waals surface area contributed by atoms with Gasteiger partial charge in [0.1, 0.15) is 104 Å². The van der Waals surface area contributed by atoms with E-state index in [-0.39, 0.29) is 52.9 Å². The highest BCUT2D eigenvalue weighted by Crippen LogP contribution is 2.43. The Hall–Kier alpha value is -9.68. The van der Waals surface area contributed by atoms with Gasteiger partial charge in [0.2, 0.25) is 12.2 Å². The lowest BCUT2D eigenvalue weighted by molar-refractivity contribution is -0.391. The van der Waals surface area contributed by atoms with Crippen LogP contribution in [0.5, 0.6) is 11.5 Å². The van der Waals surface area contributed by atoms with Crippen LogP contribution in [0, 0.1) is 0 Å². The number of aliphatic hydroxyl groups is 3. The molecule has 0 saturated carbocycles. The first-order valence-electron chi connectivity index (χ1n) is 38.4. The zero-order chi connectivity index (χ0) is 82.8. The minimum Gasteiger partial charge on any atom is -0.497 e. The smallest absolute Gasteiger partial charge is 0.366 e. The normalized spacial score (nSPS) is 27.5. The maximum Gasteiger partial charge on any atom is 0.366 e. The molecule has 117 heavy (non-hydrogen) atoms. The molecule has 4 fully saturated rings. The topological polar surface area (TPSA) is 360 Å². The zero-order valence-corrected chi connectivity index (χ0v) is 65.9. The molecule has 0 bridgehead atoms. The number of benzene rings is 7. The quantitative estimate of drug-likeness (QED) is 0.0215. The SMILES string of the molecule is COC(=O)[C@@]1(O[C@H]2[C@@H](O)[C@@H](CO[C@@H]3O[C@H](COCc4ccccc4)[C@H](OCc4ccccc4)[C@H](OCc4ccccc4)[C@H]3O)O[C@@H](O[C@H]3[C@H](OCc4ccccc4)[C@@H](OCc4ccccc4)[C@H](Oc4ccc(OC)cc4)O[C@@H]3COCc3ccccc3)[C@@H]2O)C[C@H](OC(C)=O)[C@@H](NC(C)=O)[C@H]([C@H](OC(C)=O)[C@@H](COC(C)=O)OC(C)=O)O1. The molecule has 4 saturated heterocycles. The van der Waals surface area contributed by atoms with E-state index in [0.717, 1.165) is 69.5 Å². The van der Waals surface area contributed by atoms with Crippen LogP contribution in [0.4, 0.5) is 0 Å². The molecular weight excluding hydrogens is 1520 g/mol.